The molecule has 2 aromatic rings. The Balaban J connectivity index is 1.64. The van der Waals surface area contributed by atoms with E-state index < -0.39 is 0 Å². The molecular weight excluding hydrogens is 344 g/mol. The van der Waals surface area contributed by atoms with E-state index in [0.29, 0.717) is 22.8 Å². The van der Waals surface area contributed by atoms with Crippen molar-refractivity contribution in [2.45, 2.75) is 12.8 Å². The normalized spacial score (nSPS) is 13.3. The fourth-order valence-electron chi connectivity index (χ4n) is 3.11. The number of methoxy groups -OCH3 is 1. The highest BCUT2D eigenvalue weighted by atomic mass is 16.5. The zero-order valence-corrected chi connectivity index (χ0v) is 15.6. The summed E-state index contributed by atoms with van der Waals surface area (Å²) in [6.07, 6.45) is 3.90. The summed E-state index contributed by atoms with van der Waals surface area (Å²) in [5.74, 6) is 0.936. The number of hydrogen-bond acceptors (Lipinski definition) is 5. The molecule has 0 unspecified atom stereocenters. The van der Waals surface area contributed by atoms with E-state index in [1.165, 1.54) is 4.90 Å². The Kier molecular flexibility index (Phi) is 5.90. The molecule has 1 aliphatic rings. The van der Waals surface area contributed by atoms with E-state index in [1.54, 1.807) is 56.8 Å². The second-order valence-electron chi connectivity index (χ2n) is 6.51. The summed E-state index contributed by atoms with van der Waals surface area (Å²) < 4.78 is 5.10. The van der Waals surface area contributed by atoms with E-state index in [1.807, 2.05) is 0 Å². The second kappa shape index (κ2) is 8.53. The third kappa shape index (κ3) is 4.55. The van der Waals surface area contributed by atoms with Crippen molar-refractivity contribution in [3.05, 3.63) is 48.2 Å². The topological polar surface area (TPSA) is 74.8 Å². The molecular formula is C20H24N4O3. The molecule has 1 aromatic heterocycles. The first-order valence-corrected chi connectivity index (χ1v) is 8.98. The maximum absolute atomic E-state index is 12.9. The fraction of sp³-hybridized carbons (Fsp3) is 0.350. The standard InChI is InChI=1S/C20H24N4O3/c1-23(14-18(25)22-15-7-9-16(27-2)10-8-15)20(26)17-6-5-11-21-19(17)24-12-3-4-13-24/h5-11H,3-4,12-14H2,1-2H3,(H,22,25). The van der Waals surface area contributed by atoms with Gasteiger partial charge in [-0.25, -0.2) is 4.98 Å². The molecule has 2 amide bonds. The molecule has 0 saturated carbocycles. The summed E-state index contributed by atoms with van der Waals surface area (Å²) in [5, 5.41) is 2.79. The molecule has 0 spiro atoms. The molecule has 1 saturated heterocycles. The van der Waals surface area contributed by atoms with Gasteiger partial charge in [-0.2, -0.15) is 0 Å². The molecule has 3 rings (SSSR count). The monoisotopic (exact) mass is 368 g/mol. The lowest BCUT2D eigenvalue weighted by Crippen LogP contribution is -2.36. The third-order valence-corrected chi connectivity index (χ3v) is 4.52. The summed E-state index contributed by atoms with van der Waals surface area (Å²) in [6, 6.07) is 10.6. The van der Waals surface area contributed by atoms with Gasteiger partial charge in [-0.15, -0.1) is 0 Å². The first-order chi connectivity index (χ1) is 13.1. The van der Waals surface area contributed by atoms with E-state index in [-0.39, 0.29) is 18.4 Å². The number of carbonyl (C=O) groups is 2. The highest BCUT2D eigenvalue weighted by Gasteiger charge is 2.23. The van der Waals surface area contributed by atoms with Crippen LogP contribution < -0.4 is 15.0 Å². The lowest BCUT2D eigenvalue weighted by atomic mass is 10.2. The molecule has 7 nitrogen and oxygen atoms in total. The Morgan fingerprint density at radius 2 is 1.89 bits per heavy atom. The number of likely N-dealkylation sites (N-methyl/N-ethyl adjacent to an activating group) is 1. The van der Waals surface area contributed by atoms with Crippen molar-refractivity contribution in [3.63, 3.8) is 0 Å². The number of amides is 2. The maximum atomic E-state index is 12.9. The van der Waals surface area contributed by atoms with Gasteiger partial charge < -0.3 is 19.9 Å². The SMILES string of the molecule is COc1ccc(NC(=O)CN(C)C(=O)c2cccnc2N2CCCC2)cc1. The molecule has 0 bridgehead atoms. The van der Waals surface area contributed by atoms with E-state index in [4.69, 9.17) is 4.74 Å². The lowest BCUT2D eigenvalue weighted by Gasteiger charge is -2.22. The number of rotatable bonds is 6. The Labute approximate surface area is 158 Å². The van der Waals surface area contributed by atoms with Crippen molar-refractivity contribution in [3.8, 4) is 5.75 Å². The van der Waals surface area contributed by atoms with Crippen LogP contribution in [0.1, 0.15) is 23.2 Å². The summed E-state index contributed by atoms with van der Waals surface area (Å²) in [7, 11) is 3.21. The van der Waals surface area contributed by atoms with Gasteiger partial charge in [0, 0.05) is 32.0 Å². The molecule has 7 heteroatoms. The van der Waals surface area contributed by atoms with Crippen LogP contribution in [-0.2, 0) is 4.79 Å². The molecule has 0 atom stereocenters. The van der Waals surface area contributed by atoms with Crippen molar-refractivity contribution in [1.82, 2.24) is 9.88 Å². The summed E-state index contributed by atoms with van der Waals surface area (Å²) in [5.41, 5.74) is 1.18. The predicted octanol–water partition coefficient (Wildman–Crippen LogP) is 2.40. The number of benzene rings is 1. The van der Waals surface area contributed by atoms with Crippen molar-refractivity contribution < 1.29 is 14.3 Å². The minimum absolute atomic E-state index is 0.0425. The van der Waals surface area contributed by atoms with Crippen molar-refractivity contribution in [2.24, 2.45) is 0 Å². The van der Waals surface area contributed by atoms with Crippen molar-refractivity contribution in [2.75, 3.05) is 44.0 Å². The van der Waals surface area contributed by atoms with E-state index in [9.17, 15) is 9.59 Å². The van der Waals surface area contributed by atoms with Crippen LogP contribution >= 0.6 is 0 Å². The van der Waals surface area contributed by atoms with Gasteiger partial charge in [-0.3, -0.25) is 9.59 Å². The number of aromatic nitrogens is 1. The number of nitrogens with zero attached hydrogens (tertiary/aromatic N) is 3. The van der Waals surface area contributed by atoms with Gasteiger partial charge in [-0.1, -0.05) is 0 Å². The van der Waals surface area contributed by atoms with Gasteiger partial charge in [0.2, 0.25) is 5.91 Å². The number of hydrogen-bond donors (Lipinski definition) is 1. The van der Waals surface area contributed by atoms with Crippen LogP contribution in [0.2, 0.25) is 0 Å². The fourth-order valence-corrected chi connectivity index (χ4v) is 3.11. The van der Waals surface area contributed by atoms with E-state index >= 15 is 0 Å². The zero-order chi connectivity index (χ0) is 19.2. The molecule has 27 heavy (non-hydrogen) atoms. The van der Waals surface area contributed by atoms with Gasteiger partial charge >= 0.3 is 0 Å². The molecule has 142 valence electrons. The average Bonchev–Trinajstić information content (AvgIpc) is 3.22. The van der Waals surface area contributed by atoms with Crippen LogP contribution in [0.15, 0.2) is 42.6 Å². The van der Waals surface area contributed by atoms with E-state index in [2.05, 4.69) is 15.2 Å². The van der Waals surface area contributed by atoms with Gasteiger partial charge in [-0.05, 0) is 49.2 Å². The van der Waals surface area contributed by atoms with Gasteiger partial charge in [0.05, 0.1) is 19.2 Å². The Morgan fingerprint density at radius 1 is 1.19 bits per heavy atom. The number of nitrogens with one attached hydrogen (secondary N) is 1. The number of pyridine rings is 1. The van der Waals surface area contributed by atoms with E-state index in [0.717, 1.165) is 25.9 Å². The van der Waals surface area contributed by atoms with Crippen LogP contribution in [0, 0.1) is 0 Å². The van der Waals surface area contributed by atoms with Crippen molar-refractivity contribution in [1.29, 1.82) is 0 Å². The number of ether oxygens (including phenoxy) is 1. The highest BCUT2D eigenvalue weighted by molar-refractivity contribution is 6.02. The third-order valence-electron chi connectivity index (χ3n) is 4.52. The first kappa shape index (κ1) is 18.7. The molecule has 1 N–H and O–H groups in total. The molecule has 0 radical (unpaired) electrons. The Hall–Kier alpha value is -3.09. The quantitative estimate of drug-likeness (QED) is 0.847. The van der Waals surface area contributed by atoms with Crippen molar-refractivity contribution >= 4 is 23.3 Å². The Bertz CT molecular complexity index is 801. The lowest BCUT2D eigenvalue weighted by molar-refractivity contribution is -0.116. The van der Waals surface area contributed by atoms with Gasteiger partial charge in [0.1, 0.15) is 11.6 Å². The molecule has 2 heterocycles. The van der Waals surface area contributed by atoms with Gasteiger partial charge in [0.15, 0.2) is 0 Å². The van der Waals surface area contributed by atoms with Crippen LogP contribution in [0.25, 0.3) is 0 Å². The molecule has 1 aliphatic heterocycles. The van der Waals surface area contributed by atoms with Crippen LogP contribution in [-0.4, -0.2) is 55.5 Å². The predicted molar refractivity (Wildman–Crippen MR) is 104 cm³/mol. The molecule has 0 aliphatic carbocycles. The largest absolute Gasteiger partial charge is 0.497 e. The average molecular weight is 368 g/mol. The first-order valence-electron chi connectivity index (χ1n) is 8.98. The minimum atomic E-state index is -0.261. The van der Waals surface area contributed by atoms with Gasteiger partial charge in [0.25, 0.3) is 5.91 Å². The smallest absolute Gasteiger partial charge is 0.257 e. The van der Waals surface area contributed by atoms with Crippen LogP contribution in [0.3, 0.4) is 0 Å². The second-order valence-corrected chi connectivity index (χ2v) is 6.51. The summed E-state index contributed by atoms with van der Waals surface area (Å²) >= 11 is 0. The van der Waals surface area contributed by atoms with Crippen LogP contribution in [0.5, 0.6) is 5.75 Å². The molecule has 1 aromatic carbocycles. The number of anilines is 2. The molecule has 1 fully saturated rings. The number of carbonyl (C=O) groups excluding carboxylic acids is 2. The summed E-state index contributed by atoms with van der Waals surface area (Å²) in [6.45, 7) is 1.76. The highest BCUT2D eigenvalue weighted by Crippen LogP contribution is 2.23. The van der Waals surface area contributed by atoms with Crippen LogP contribution in [0.4, 0.5) is 11.5 Å². The Morgan fingerprint density at radius 3 is 2.56 bits per heavy atom. The summed E-state index contributed by atoms with van der Waals surface area (Å²) in [4.78, 5) is 33.1. The minimum Gasteiger partial charge on any atom is -0.497 e. The zero-order valence-electron chi connectivity index (χ0n) is 15.6. The maximum Gasteiger partial charge on any atom is 0.257 e.